The van der Waals surface area contributed by atoms with E-state index in [1.54, 1.807) is 6.26 Å². The second-order valence-corrected chi connectivity index (χ2v) is 3.93. The van der Waals surface area contributed by atoms with Gasteiger partial charge < -0.3 is 0 Å². The molecule has 0 heterocycles. The van der Waals surface area contributed by atoms with Crippen molar-refractivity contribution in [3.05, 3.63) is 28.8 Å². The number of ketones is 1. The van der Waals surface area contributed by atoms with Crippen LogP contribution in [0.1, 0.15) is 10.4 Å². The second-order valence-electron chi connectivity index (χ2n) is 2.68. The van der Waals surface area contributed by atoms with Gasteiger partial charge in [0.15, 0.2) is 0 Å². The molecule has 6 heteroatoms. The molecule has 1 aromatic carbocycles. The summed E-state index contributed by atoms with van der Waals surface area (Å²) in [5.41, 5.74) is -0.440. The molecule has 0 saturated carbocycles. The Kier molecular flexibility index (Phi) is 3.67. The van der Waals surface area contributed by atoms with Crippen LogP contribution < -0.4 is 0 Å². The van der Waals surface area contributed by atoms with E-state index in [4.69, 9.17) is 11.6 Å². The Labute approximate surface area is 93.6 Å². The summed E-state index contributed by atoms with van der Waals surface area (Å²) in [7, 11) is 0. The van der Waals surface area contributed by atoms with E-state index in [-0.39, 0.29) is 5.02 Å². The van der Waals surface area contributed by atoms with Crippen molar-refractivity contribution in [2.45, 2.75) is 11.1 Å². The maximum atomic E-state index is 12.1. The van der Waals surface area contributed by atoms with Crippen molar-refractivity contribution in [2.24, 2.45) is 0 Å². The highest BCUT2D eigenvalue weighted by Crippen LogP contribution is 2.29. The van der Waals surface area contributed by atoms with Gasteiger partial charge in [-0.05, 0) is 24.5 Å². The lowest BCUT2D eigenvalue weighted by molar-refractivity contribution is -0.0885. The summed E-state index contributed by atoms with van der Waals surface area (Å²) in [6, 6.07) is 3.54. The SMILES string of the molecule is CSc1ccc(C(=O)C(F)(F)F)cc1Cl. The van der Waals surface area contributed by atoms with E-state index in [0.717, 1.165) is 12.1 Å². The van der Waals surface area contributed by atoms with Crippen molar-refractivity contribution in [1.82, 2.24) is 0 Å². The molecule has 0 saturated heterocycles. The van der Waals surface area contributed by atoms with Gasteiger partial charge in [0, 0.05) is 10.5 Å². The molecule has 1 nitrogen and oxygen atoms in total. The first-order valence-corrected chi connectivity index (χ1v) is 5.41. The van der Waals surface area contributed by atoms with Gasteiger partial charge in [0.25, 0.3) is 5.78 Å². The number of rotatable bonds is 2. The van der Waals surface area contributed by atoms with Gasteiger partial charge in [0.1, 0.15) is 0 Å². The van der Waals surface area contributed by atoms with Crippen molar-refractivity contribution < 1.29 is 18.0 Å². The van der Waals surface area contributed by atoms with Crippen LogP contribution in [-0.2, 0) is 0 Å². The first-order chi connectivity index (χ1) is 6.86. The quantitative estimate of drug-likeness (QED) is 0.590. The minimum absolute atomic E-state index is 0.151. The summed E-state index contributed by atoms with van der Waals surface area (Å²) >= 11 is 6.98. The van der Waals surface area contributed by atoms with Crippen LogP contribution in [0.15, 0.2) is 23.1 Å². The Morgan fingerprint density at radius 2 is 2.00 bits per heavy atom. The molecule has 0 fully saturated rings. The molecule has 0 bridgehead atoms. The zero-order chi connectivity index (χ0) is 11.6. The number of hydrogen-bond acceptors (Lipinski definition) is 2. The van der Waals surface area contributed by atoms with Gasteiger partial charge in [-0.3, -0.25) is 4.79 Å². The van der Waals surface area contributed by atoms with Gasteiger partial charge in [0.05, 0.1) is 5.02 Å². The lowest BCUT2D eigenvalue weighted by Gasteiger charge is -2.06. The lowest BCUT2D eigenvalue weighted by Crippen LogP contribution is -2.22. The minimum Gasteiger partial charge on any atom is -0.284 e. The Balaban J connectivity index is 3.08. The first-order valence-electron chi connectivity index (χ1n) is 3.81. The zero-order valence-electron chi connectivity index (χ0n) is 7.56. The average Bonchev–Trinajstić information content (AvgIpc) is 2.15. The van der Waals surface area contributed by atoms with Gasteiger partial charge in [-0.25, -0.2) is 0 Å². The van der Waals surface area contributed by atoms with Gasteiger partial charge >= 0.3 is 6.18 Å². The third-order valence-electron chi connectivity index (χ3n) is 1.67. The molecule has 15 heavy (non-hydrogen) atoms. The number of alkyl halides is 3. The summed E-state index contributed by atoms with van der Waals surface area (Å²) in [6.07, 6.45) is -3.11. The molecule has 0 N–H and O–H groups in total. The number of hydrogen-bond donors (Lipinski definition) is 0. The zero-order valence-corrected chi connectivity index (χ0v) is 9.13. The summed E-state index contributed by atoms with van der Waals surface area (Å²) in [4.78, 5) is 11.5. The average molecular weight is 255 g/mol. The fourth-order valence-corrected chi connectivity index (χ4v) is 1.84. The van der Waals surface area contributed by atoms with E-state index in [0.29, 0.717) is 4.90 Å². The van der Waals surface area contributed by atoms with Gasteiger partial charge in [0.2, 0.25) is 0 Å². The molecule has 1 rings (SSSR count). The number of Topliss-reactive ketones (excluding diaryl/α,β-unsaturated/α-hetero) is 1. The van der Waals surface area contributed by atoms with Crippen LogP contribution in [0.3, 0.4) is 0 Å². The molecule has 0 radical (unpaired) electrons. The van der Waals surface area contributed by atoms with Gasteiger partial charge in [-0.2, -0.15) is 13.2 Å². The molecule has 0 unspecified atom stereocenters. The summed E-state index contributed by atoms with van der Waals surface area (Å²) in [5, 5.41) is 0.151. The molecule has 0 atom stereocenters. The second kappa shape index (κ2) is 4.45. The molecular formula is C9H6ClF3OS. The summed E-state index contributed by atoms with van der Waals surface area (Å²) < 4.78 is 36.2. The summed E-state index contributed by atoms with van der Waals surface area (Å²) in [5.74, 6) is -1.88. The first kappa shape index (κ1) is 12.4. The Bertz CT molecular complexity index is 389. The van der Waals surface area contributed by atoms with Crippen molar-refractivity contribution in [2.75, 3.05) is 6.26 Å². The Morgan fingerprint density at radius 3 is 2.40 bits per heavy atom. The van der Waals surface area contributed by atoms with Crippen LogP contribution in [0.25, 0.3) is 0 Å². The molecule has 82 valence electrons. The highest BCUT2D eigenvalue weighted by Gasteiger charge is 2.39. The number of thioether (sulfide) groups is 1. The normalized spacial score (nSPS) is 11.5. The number of carbonyl (C=O) groups excluding carboxylic acids is 1. The van der Waals surface area contributed by atoms with Crippen molar-refractivity contribution in [1.29, 1.82) is 0 Å². The van der Waals surface area contributed by atoms with E-state index in [1.165, 1.54) is 17.8 Å². The number of carbonyl (C=O) groups is 1. The monoisotopic (exact) mass is 254 g/mol. The highest BCUT2D eigenvalue weighted by atomic mass is 35.5. The maximum absolute atomic E-state index is 12.1. The predicted octanol–water partition coefficient (Wildman–Crippen LogP) is 3.81. The van der Waals surface area contributed by atoms with Crippen LogP contribution in [-0.4, -0.2) is 18.2 Å². The number of benzene rings is 1. The fourth-order valence-electron chi connectivity index (χ4n) is 0.971. The third-order valence-corrected chi connectivity index (χ3v) is 2.89. The highest BCUT2D eigenvalue weighted by molar-refractivity contribution is 7.98. The molecular weight excluding hydrogens is 249 g/mol. The van der Waals surface area contributed by atoms with Gasteiger partial charge in [-0.1, -0.05) is 11.6 Å². The van der Waals surface area contributed by atoms with Crippen LogP contribution >= 0.6 is 23.4 Å². The number of halogens is 4. The molecule has 0 aromatic heterocycles. The van der Waals surface area contributed by atoms with Crippen molar-refractivity contribution in [3.8, 4) is 0 Å². The van der Waals surface area contributed by atoms with E-state index < -0.39 is 17.5 Å². The van der Waals surface area contributed by atoms with Crippen LogP contribution in [0.4, 0.5) is 13.2 Å². The van der Waals surface area contributed by atoms with Crippen LogP contribution in [0.2, 0.25) is 5.02 Å². The molecule has 0 aliphatic rings. The van der Waals surface area contributed by atoms with E-state index in [2.05, 4.69) is 0 Å². The molecule has 0 amide bonds. The lowest BCUT2D eigenvalue weighted by atomic mass is 10.1. The van der Waals surface area contributed by atoms with Gasteiger partial charge in [-0.15, -0.1) is 11.8 Å². The standard InChI is InChI=1S/C9H6ClF3OS/c1-15-7-3-2-5(4-6(7)10)8(14)9(11,12)13/h2-4H,1H3. The minimum atomic E-state index is -4.86. The summed E-state index contributed by atoms with van der Waals surface area (Å²) in [6.45, 7) is 0. The largest absolute Gasteiger partial charge is 0.454 e. The van der Waals surface area contributed by atoms with Crippen LogP contribution in [0, 0.1) is 0 Å². The third kappa shape index (κ3) is 2.89. The topological polar surface area (TPSA) is 17.1 Å². The van der Waals surface area contributed by atoms with Crippen LogP contribution in [0.5, 0.6) is 0 Å². The van der Waals surface area contributed by atoms with Crippen molar-refractivity contribution >= 4 is 29.1 Å². The van der Waals surface area contributed by atoms with Crippen molar-refractivity contribution in [3.63, 3.8) is 0 Å². The predicted molar refractivity (Wildman–Crippen MR) is 53.6 cm³/mol. The molecule has 0 aliphatic heterocycles. The fraction of sp³-hybridized carbons (Fsp3) is 0.222. The smallest absolute Gasteiger partial charge is 0.284 e. The Hall–Kier alpha value is -0.680. The van der Waals surface area contributed by atoms with E-state index in [9.17, 15) is 18.0 Å². The molecule has 0 aliphatic carbocycles. The Morgan fingerprint density at radius 1 is 1.40 bits per heavy atom. The van der Waals surface area contributed by atoms with E-state index >= 15 is 0 Å². The van der Waals surface area contributed by atoms with E-state index in [1.807, 2.05) is 0 Å². The molecule has 1 aromatic rings. The molecule has 0 spiro atoms. The maximum Gasteiger partial charge on any atom is 0.454 e.